The molecule has 76 valence electrons. The van der Waals surface area contributed by atoms with E-state index in [1.807, 2.05) is 0 Å². The first-order chi connectivity index (χ1) is 6.43. The Hall–Kier alpha value is -0.610. The van der Waals surface area contributed by atoms with Crippen LogP contribution < -0.4 is 5.32 Å². The fourth-order valence-corrected chi connectivity index (χ4v) is 1.45. The number of nitrogens with zero attached hydrogens (tertiary/aromatic N) is 1. The summed E-state index contributed by atoms with van der Waals surface area (Å²) in [5, 5.41) is 2.66. The lowest BCUT2D eigenvalue weighted by atomic mass is 10.3. The molecule has 0 atom stereocenters. The van der Waals surface area contributed by atoms with E-state index in [2.05, 4.69) is 10.2 Å². The van der Waals surface area contributed by atoms with E-state index in [4.69, 9.17) is 4.74 Å². The second-order valence-corrected chi connectivity index (χ2v) is 3.23. The highest BCUT2D eigenvalue weighted by Gasteiger charge is 2.08. The lowest BCUT2D eigenvalue weighted by Crippen LogP contribution is -2.37. The summed E-state index contributed by atoms with van der Waals surface area (Å²) in [6.45, 7) is 5.78. The third-order valence-electron chi connectivity index (χ3n) is 2.23. The standard InChI is InChI=1S/C9H18N2O2/c12-9-10-3-1-2-4-11-5-7-13-8-6-11/h9H,1-8H2,(H,10,12). The van der Waals surface area contributed by atoms with Gasteiger partial charge >= 0.3 is 0 Å². The van der Waals surface area contributed by atoms with Crippen molar-refractivity contribution >= 4 is 6.41 Å². The molecule has 1 aliphatic rings. The van der Waals surface area contributed by atoms with Crippen LogP contribution in [0.2, 0.25) is 0 Å². The van der Waals surface area contributed by atoms with Crippen LogP contribution in [0.3, 0.4) is 0 Å². The average Bonchev–Trinajstić information content (AvgIpc) is 2.19. The van der Waals surface area contributed by atoms with Crippen molar-refractivity contribution in [3.8, 4) is 0 Å². The number of morpholine rings is 1. The van der Waals surface area contributed by atoms with Crippen LogP contribution in [0, 0.1) is 0 Å². The molecular formula is C9H18N2O2. The van der Waals surface area contributed by atoms with Gasteiger partial charge in [-0.25, -0.2) is 0 Å². The third-order valence-corrected chi connectivity index (χ3v) is 2.23. The van der Waals surface area contributed by atoms with Gasteiger partial charge in [0.05, 0.1) is 13.2 Å². The monoisotopic (exact) mass is 186 g/mol. The number of unbranched alkanes of at least 4 members (excludes halogenated alkanes) is 1. The van der Waals surface area contributed by atoms with E-state index in [0.717, 1.165) is 58.6 Å². The van der Waals surface area contributed by atoms with Gasteiger partial charge < -0.3 is 10.1 Å². The summed E-state index contributed by atoms with van der Waals surface area (Å²) < 4.78 is 5.24. The maximum atomic E-state index is 9.93. The number of carbonyl (C=O) groups excluding carboxylic acids is 1. The number of nitrogens with one attached hydrogen (secondary N) is 1. The zero-order valence-corrected chi connectivity index (χ0v) is 8.00. The maximum absolute atomic E-state index is 9.93. The van der Waals surface area contributed by atoms with E-state index in [1.165, 1.54) is 0 Å². The van der Waals surface area contributed by atoms with Gasteiger partial charge in [0.15, 0.2) is 0 Å². The smallest absolute Gasteiger partial charge is 0.207 e. The van der Waals surface area contributed by atoms with Crippen molar-refractivity contribution in [2.75, 3.05) is 39.4 Å². The molecule has 0 unspecified atom stereocenters. The fourth-order valence-electron chi connectivity index (χ4n) is 1.45. The van der Waals surface area contributed by atoms with Crippen LogP contribution >= 0.6 is 0 Å². The van der Waals surface area contributed by atoms with Crippen molar-refractivity contribution < 1.29 is 9.53 Å². The summed E-state index contributed by atoms with van der Waals surface area (Å²) in [5.41, 5.74) is 0. The molecule has 0 aromatic carbocycles. The highest BCUT2D eigenvalue weighted by atomic mass is 16.5. The van der Waals surface area contributed by atoms with E-state index in [0.29, 0.717) is 0 Å². The topological polar surface area (TPSA) is 41.6 Å². The van der Waals surface area contributed by atoms with Crippen LogP contribution in [0.15, 0.2) is 0 Å². The molecule has 0 spiro atoms. The molecule has 1 saturated heterocycles. The SMILES string of the molecule is O=CNCCCCN1CCOCC1. The summed E-state index contributed by atoms with van der Waals surface area (Å²) in [6, 6.07) is 0. The van der Waals surface area contributed by atoms with Gasteiger partial charge in [0.1, 0.15) is 0 Å². The van der Waals surface area contributed by atoms with Gasteiger partial charge in [0.25, 0.3) is 0 Å². The van der Waals surface area contributed by atoms with Gasteiger partial charge in [-0.3, -0.25) is 9.69 Å². The molecule has 0 bridgehead atoms. The van der Waals surface area contributed by atoms with E-state index < -0.39 is 0 Å². The molecule has 0 aromatic heterocycles. The number of amides is 1. The molecular weight excluding hydrogens is 168 g/mol. The van der Waals surface area contributed by atoms with E-state index in [-0.39, 0.29) is 0 Å². The lowest BCUT2D eigenvalue weighted by Gasteiger charge is -2.26. The molecule has 0 radical (unpaired) electrons. The van der Waals surface area contributed by atoms with Gasteiger partial charge in [-0.05, 0) is 19.4 Å². The van der Waals surface area contributed by atoms with Gasteiger partial charge in [-0.15, -0.1) is 0 Å². The van der Waals surface area contributed by atoms with Crippen LogP contribution in [-0.2, 0) is 9.53 Å². The molecule has 0 aromatic rings. The van der Waals surface area contributed by atoms with Crippen LogP contribution in [0.5, 0.6) is 0 Å². The molecule has 13 heavy (non-hydrogen) atoms. The Balaban J connectivity index is 1.89. The molecule has 1 rings (SSSR count). The molecule has 0 aliphatic carbocycles. The molecule has 1 heterocycles. The minimum atomic E-state index is 0.759. The molecule has 1 fully saturated rings. The Morgan fingerprint density at radius 2 is 2.08 bits per heavy atom. The zero-order valence-electron chi connectivity index (χ0n) is 8.00. The average molecular weight is 186 g/mol. The van der Waals surface area contributed by atoms with Crippen molar-refractivity contribution in [1.29, 1.82) is 0 Å². The molecule has 1 N–H and O–H groups in total. The van der Waals surface area contributed by atoms with Crippen molar-refractivity contribution in [3.05, 3.63) is 0 Å². The Morgan fingerprint density at radius 3 is 2.77 bits per heavy atom. The van der Waals surface area contributed by atoms with E-state index >= 15 is 0 Å². The summed E-state index contributed by atoms with van der Waals surface area (Å²) in [5.74, 6) is 0. The number of hydrogen-bond acceptors (Lipinski definition) is 3. The van der Waals surface area contributed by atoms with Crippen LogP contribution in [0.1, 0.15) is 12.8 Å². The first kappa shape index (κ1) is 10.5. The minimum Gasteiger partial charge on any atom is -0.379 e. The molecule has 1 amide bonds. The highest BCUT2D eigenvalue weighted by Crippen LogP contribution is 1.99. The largest absolute Gasteiger partial charge is 0.379 e. The first-order valence-electron chi connectivity index (χ1n) is 4.90. The Kier molecular flexibility index (Phi) is 5.52. The maximum Gasteiger partial charge on any atom is 0.207 e. The van der Waals surface area contributed by atoms with E-state index in [9.17, 15) is 4.79 Å². The predicted molar refractivity (Wildman–Crippen MR) is 50.6 cm³/mol. The van der Waals surface area contributed by atoms with Crippen molar-refractivity contribution in [3.63, 3.8) is 0 Å². The van der Waals surface area contributed by atoms with Crippen molar-refractivity contribution in [2.24, 2.45) is 0 Å². The molecule has 0 saturated carbocycles. The first-order valence-corrected chi connectivity index (χ1v) is 4.90. The van der Waals surface area contributed by atoms with Gasteiger partial charge in [-0.2, -0.15) is 0 Å². The molecule has 4 nitrogen and oxygen atoms in total. The third kappa shape index (κ3) is 4.85. The van der Waals surface area contributed by atoms with Crippen LogP contribution in [0.25, 0.3) is 0 Å². The Bertz CT molecular complexity index is 136. The fraction of sp³-hybridized carbons (Fsp3) is 0.889. The summed E-state index contributed by atoms with van der Waals surface area (Å²) >= 11 is 0. The van der Waals surface area contributed by atoms with Crippen molar-refractivity contribution in [1.82, 2.24) is 10.2 Å². The predicted octanol–water partition coefficient (Wildman–Crippen LogP) is -0.155. The lowest BCUT2D eigenvalue weighted by molar-refractivity contribution is -0.109. The van der Waals surface area contributed by atoms with Crippen LogP contribution in [0.4, 0.5) is 0 Å². The van der Waals surface area contributed by atoms with Crippen LogP contribution in [-0.4, -0.2) is 50.7 Å². The second-order valence-electron chi connectivity index (χ2n) is 3.23. The van der Waals surface area contributed by atoms with Crippen molar-refractivity contribution in [2.45, 2.75) is 12.8 Å². The quantitative estimate of drug-likeness (QED) is 0.463. The normalized spacial score (nSPS) is 18.5. The number of hydrogen-bond donors (Lipinski definition) is 1. The highest BCUT2D eigenvalue weighted by molar-refractivity contribution is 5.45. The number of rotatable bonds is 6. The van der Waals surface area contributed by atoms with Gasteiger partial charge in [0.2, 0.25) is 6.41 Å². The molecule has 4 heteroatoms. The van der Waals surface area contributed by atoms with E-state index in [1.54, 1.807) is 0 Å². The second kappa shape index (κ2) is 6.86. The minimum absolute atomic E-state index is 0.759. The summed E-state index contributed by atoms with van der Waals surface area (Å²) in [6.07, 6.45) is 2.98. The summed E-state index contributed by atoms with van der Waals surface area (Å²) in [7, 11) is 0. The summed E-state index contributed by atoms with van der Waals surface area (Å²) in [4.78, 5) is 12.3. The van der Waals surface area contributed by atoms with Gasteiger partial charge in [0, 0.05) is 19.6 Å². The Labute approximate surface area is 79.2 Å². The number of ether oxygens (including phenoxy) is 1. The van der Waals surface area contributed by atoms with Gasteiger partial charge in [-0.1, -0.05) is 0 Å². The zero-order chi connectivity index (χ0) is 9.36. The Morgan fingerprint density at radius 1 is 1.31 bits per heavy atom. The molecule has 1 aliphatic heterocycles. The number of carbonyl (C=O) groups is 1.